The fourth-order valence-electron chi connectivity index (χ4n) is 1.70. The van der Waals surface area contributed by atoms with Crippen molar-refractivity contribution in [1.29, 1.82) is 0 Å². The molecule has 0 saturated carbocycles. The minimum absolute atomic E-state index is 0.0913. The molecule has 0 heterocycles. The van der Waals surface area contributed by atoms with Crippen molar-refractivity contribution in [1.82, 2.24) is 0 Å². The molecule has 0 spiro atoms. The molecule has 0 N–H and O–H groups in total. The summed E-state index contributed by atoms with van der Waals surface area (Å²) in [6, 6.07) is 4.89. The second-order valence-electron chi connectivity index (χ2n) is 4.03. The lowest BCUT2D eigenvalue weighted by Gasteiger charge is -2.20. The van der Waals surface area contributed by atoms with E-state index < -0.39 is 11.6 Å². The normalized spacial score (nSPS) is 14.7. The summed E-state index contributed by atoms with van der Waals surface area (Å²) in [4.78, 5) is 23.2. The van der Waals surface area contributed by atoms with Gasteiger partial charge in [-0.25, -0.2) is 0 Å². The minimum Gasteiger partial charge on any atom is -0.490 e. The molecule has 17 heavy (non-hydrogen) atoms. The van der Waals surface area contributed by atoms with Gasteiger partial charge in [0.2, 0.25) is 11.6 Å². The van der Waals surface area contributed by atoms with E-state index in [9.17, 15) is 9.59 Å². The van der Waals surface area contributed by atoms with E-state index in [-0.39, 0.29) is 6.10 Å². The highest BCUT2D eigenvalue weighted by atomic mass is 35.5. The van der Waals surface area contributed by atoms with E-state index >= 15 is 0 Å². The Morgan fingerprint density at radius 2 is 1.94 bits per heavy atom. The number of hydrogen-bond donors (Lipinski definition) is 0. The van der Waals surface area contributed by atoms with Crippen molar-refractivity contribution < 1.29 is 14.3 Å². The zero-order valence-electron chi connectivity index (χ0n) is 9.49. The van der Waals surface area contributed by atoms with Crippen LogP contribution >= 0.6 is 11.6 Å². The highest BCUT2D eigenvalue weighted by Gasteiger charge is 2.28. The van der Waals surface area contributed by atoms with Crippen LogP contribution in [-0.2, 0) is 9.53 Å². The van der Waals surface area contributed by atoms with Gasteiger partial charge in [0.05, 0.1) is 11.1 Å². The Balaban J connectivity index is 2.60. The van der Waals surface area contributed by atoms with Crippen LogP contribution in [0.3, 0.4) is 0 Å². The maximum absolute atomic E-state index is 11.7. The van der Waals surface area contributed by atoms with E-state index in [1.807, 2.05) is 13.8 Å². The fraction of sp³-hybridized carbons (Fsp3) is 0.231. The number of benzene rings is 1. The molecule has 0 atom stereocenters. The molecule has 0 aliphatic heterocycles. The van der Waals surface area contributed by atoms with Crippen LogP contribution in [0.1, 0.15) is 29.8 Å². The summed E-state index contributed by atoms with van der Waals surface area (Å²) in [7, 11) is 0. The van der Waals surface area contributed by atoms with Crippen LogP contribution in [0.2, 0.25) is 5.02 Å². The van der Waals surface area contributed by atoms with Gasteiger partial charge in [0, 0.05) is 17.2 Å². The molecule has 1 aromatic rings. The highest BCUT2D eigenvalue weighted by Crippen LogP contribution is 2.32. The second kappa shape index (κ2) is 4.34. The number of carbonyl (C=O) groups excluding carboxylic acids is 2. The van der Waals surface area contributed by atoms with Gasteiger partial charge in [0.25, 0.3) is 0 Å². The van der Waals surface area contributed by atoms with E-state index in [1.165, 1.54) is 6.08 Å². The average Bonchev–Trinajstić information content (AvgIpc) is 2.24. The maximum Gasteiger partial charge on any atom is 0.233 e. The molecule has 1 aliphatic carbocycles. The molecule has 0 fully saturated rings. The smallest absolute Gasteiger partial charge is 0.233 e. The Morgan fingerprint density at radius 1 is 1.24 bits per heavy atom. The number of Topliss-reactive ketones (excluding diaryl/α,β-unsaturated/α-hetero) is 1. The molecule has 0 bridgehead atoms. The highest BCUT2D eigenvalue weighted by molar-refractivity contribution is 6.51. The lowest BCUT2D eigenvalue weighted by Crippen LogP contribution is -2.20. The third kappa shape index (κ3) is 2.11. The topological polar surface area (TPSA) is 43.4 Å². The largest absolute Gasteiger partial charge is 0.490 e. The number of ether oxygens (including phenoxy) is 1. The molecule has 1 aliphatic rings. The van der Waals surface area contributed by atoms with Gasteiger partial charge in [-0.2, -0.15) is 0 Å². The van der Waals surface area contributed by atoms with Crippen LogP contribution in [0.5, 0.6) is 0 Å². The van der Waals surface area contributed by atoms with Crippen LogP contribution in [-0.4, -0.2) is 17.7 Å². The quantitative estimate of drug-likeness (QED) is 0.758. The SMILES string of the molecule is CC(C)OC1=CC(=O)C(=O)c2cccc(Cl)c21. The number of allylic oxidation sites excluding steroid dienone is 1. The first-order valence-electron chi connectivity index (χ1n) is 5.26. The molecule has 1 aromatic carbocycles. The van der Waals surface area contributed by atoms with Gasteiger partial charge in [0.1, 0.15) is 5.76 Å². The number of hydrogen-bond acceptors (Lipinski definition) is 3. The monoisotopic (exact) mass is 250 g/mol. The Hall–Kier alpha value is -1.61. The van der Waals surface area contributed by atoms with E-state index in [4.69, 9.17) is 16.3 Å². The van der Waals surface area contributed by atoms with Crippen LogP contribution < -0.4 is 0 Å². The lowest BCUT2D eigenvalue weighted by molar-refractivity contribution is -0.111. The third-order valence-electron chi connectivity index (χ3n) is 2.35. The molecule has 2 rings (SSSR count). The van der Waals surface area contributed by atoms with Gasteiger partial charge in [-0.15, -0.1) is 0 Å². The number of rotatable bonds is 2. The van der Waals surface area contributed by atoms with Crippen LogP contribution in [0.25, 0.3) is 5.76 Å². The summed E-state index contributed by atoms with van der Waals surface area (Å²) < 4.78 is 5.52. The second-order valence-corrected chi connectivity index (χ2v) is 4.44. The third-order valence-corrected chi connectivity index (χ3v) is 2.67. The zero-order valence-corrected chi connectivity index (χ0v) is 10.2. The Morgan fingerprint density at radius 3 is 2.59 bits per heavy atom. The standard InChI is InChI=1S/C13H11ClO3/c1-7(2)17-11-6-10(15)13(16)8-4-3-5-9(14)12(8)11/h3-7H,1-2H3. The van der Waals surface area contributed by atoms with E-state index in [0.717, 1.165) is 0 Å². The summed E-state index contributed by atoms with van der Waals surface area (Å²) >= 11 is 6.05. The number of ketones is 2. The van der Waals surface area contributed by atoms with E-state index in [1.54, 1.807) is 18.2 Å². The fourth-order valence-corrected chi connectivity index (χ4v) is 1.97. The van der Waals surface area contributed by atoms with Crippen molar-refractivity contribution >= 4 is 28.9 Å². The number of carbonyl (C=O) groups is 2. The molecule has 0 radical (unpaired) electrons. The molecule has 0 amide bonds. The molecule has 0 aromatic heterocycles. The first kappa shape index (κ1) is 11.9. The Bertz CT molecular complexity index is 529. The number of fused-ring (bicyclic) bond motifs is 1. The first-order valence-corrected chi connectivity index (χ1v) is 5.64. The van der Waals surface area contributed by atoms with Crippen molar-refractivity contribution in [3.05, 3.63) is 40.4 Å². The van der Waals surface area contributed by atoms with Gasteiger partial charge in [-0.1, -0.05) is 23.7 Å². The zero-order chi connectivity index (χ0) is 12.6. The van der Waals surface area contributed by atoms with Gasteiger partial charge in [0.15, 0.2) is 0 Å². The van der Waals surface area contributed by atoms with Crippen molar-refractivity contribution in [3.63, 3.8) is 0 Å². The van der Waals surface area contributed by atoms with Crippen molar-refractivity contribution in [2.24, 2.45) is 0 Å². The maximum atomic E-state index is 11.7. The van der Waals surface area contributed by atoms with Crippen molar-refractivity contribution in [2.45, 2.75) is 20.0 Å². The van der Waals surface area contributed by atoms with E-state index in [0.29, 0.717) is 21.9 Å². The average molecular weight is 251 g/mol. The van der Waals surface area contributed by atoms with Crippen LogP contribution in [0.15, 0.2) is 24.3 Å². The van der Waals surface area contributed by atoms with Crippen molar-refractivity contribution in [3.8, 4) is 0 Å². The summed E-state index contributed by atoms with van der Waals surface area (Å²) in [6.07, 6.45) is 1.11. The molecule has 88 valence electrons. The molecule has 3 nitrogen and oxygen atoms in total. The summed E-state index contributed by atoms with van der Waals surface area (Å²) in [6.45, 7) is 3.69. The van der Waals surface area contributed by atoms with Crippen LogP contribution in [0.4, 0.5) is 0 Å². The van der Waals surface area contributed by atoms with Crippen molar-refractivity contribution in [2.75, 3.05) is 0 Å². The van der Waals surface area contributed by atoms with Gasteiger partial charge in [-0.05, 0) is 19.9 Å². The summed E-state index contributed by atoms with van der Waals surface area (Å²) in [5.41, 5.74) is 0.813. The lowest BCUT2D eigenvalue weighted by atomic mass is 9.94. The molecule has 0 saturated heterocycles. The van der Waals surface area contributed by atoms with E-state index in [2.05, 4.69) is 0 Å². The summed E-state index contributed by atoms with van der Waals surface area (Å²) in [5, 5.41) is 0.412. The Labute approximate surface area is 104 Å². The van der Waals surface area contributed by atoms with Crippen LogP contribution in [0, 0.1) is 0 Å². The first-order chi connectivity index (χ1) is 8.00. The number of halogens is 1. The molecule has 4 heteroatoms. The van der Waals surface area contributed by atoms with Gasteiger partial charge < -0.3 is 4.74 Å². The van der Waals surface area contributed by atoms with Gasteiger partial charge >= 0.3 is 0 Å². The van der Waals surface area contributed by atoms with Gasteiger partial charge in [-0.3, -0.25) is 9.59 Å². The predicted octanol–water partition coefficient (Wildman–Crippen LogP) is 2.87. The molecule has 0 unspecified atom stereocenters. The molecular weight excluding hydrogens is 240 g/mol. The summed E-state index contributed by atoms with van der Waals surface area (Å²) in [5.74, 6) is -0.751. The Kier molecular flexibility index (Phi) is 3.03. The predicted molar refractivity (Wildman–Crippen MR) is 65.0 cm³/mol. The minimum atomic E-state index is -0.574. The molecular formula is C13H11ClO3.